The van der Waals surface area contributed by atoms with E-state index in [1.54, 1.807) is 0 Å². The fraction of sp³-hybridized carbons (Fsp3) is 0.308. The molecule has 0 spiro atoms. The molecule has 5 heteroatoms. The second-order valence-corrected chi connectivity index (χ2v) is 4.46. The summed E-state index contributed by atoms with van der Waals surface area (Å²) in [6, 6.07) is 9.87. The van der Waals surface area contributed by atoms with Crippen LogP contribution in [0.3, 0.4) is 0 Å². The highest BCUT2D eigenvalue weighted by atomic mass is 16.2. The highest BCUT2D eigenvalue weighted by molar-refractivity contribution is 5.92. The molecule has 94 valence electrons. The van der Waals surface area contributed by atoms with Crippen molar-refractivity contribution in [1.29, 1.82) is 0 Å². The zero-order valence-electron chi connectivity index (χ0n) is 10.4. The minimum atomic E-state index is -0.216. The van der Waals surface area contributed by atoms with Crippen LogP contribution in [0.1, 0.15) is 35.9 Å². The lowest BCUT2D eigenvalue weighted by molar-refractivity contribution is 0.0920. The SMILES string of the molecule is CC(C)C(NC(=O)c1cn[nH]n1)c1ccccc1. The van der Waals surface area contributed by atoms with Crippen LogP contribution in [-0.2, 0) is 0 Å². The molecule has 0 aliphatic rings. The third-order valence-electron chi connectivity index (χ3n) is 2.76. The molecule has 2 rings (SSSR count). The van der Waals surface area contributed by atoms with Crippen LogP contribution in [0.4, 0.5) is 0 Å². The average molecular weight is 244 g/mol. The van der Waals surface area contributed by atoms with Crippen LogP contribution in [-0.4, -0.2) is 21.3 Å². The second-order valence-electron chi connectivity index (χ2n) is 4.46. The Labute approximate surface area is 106 Å². The average Bonchev–Trinajstić information content (AvgIpc) is 2.90. The van der Waals surface area contributed by atoms with Crippen LogP contribution in [0.15, 0.2) is 36.5 Å². The van der Waals surface area contributed by atoms with Gasteiger partial charge in [-0.2, -0.15) is 15.4 Å². The summed E-state index contributed by atoms with van der Waals surface area (Å²) in [4.78, 5) is 12.0. The summed E-state index contributed by atoms with van der Waals surface area (Å²) in [5, 5.41) is 12.8. The smallest absolute Gasteiger partial charge is 0.273 e. The molecule has 0 aliphatic heterocycles. The highest BCUT2D eigenvalue weighted by Gasteiger charge is 2.19. The lowest BCUT2D eigenvalue weighted by Crippen LogP contribution is -2.32. The quantitative estimate of drug-likeness (QED) is 0.863. The third-order valence-corrected chi connectivity index (χ3v) is 2.76. The van der Waals surface area contributed by atoms with E-state index in [4.69, 9.17) is 0 Å². The standard InChI is InChI=1S/C13H16N4O/c1-9(2)12(10-6-4-3-5-7-10)15-13(18)11-8-14-17-16-11/h3-9,12H,1-2H3,(H,15,18)(H,14,16,17). The molecule has 1 aromatic heterocycles. The first-order chi connectivity index (χ1) is 8.68. The number of rotatable bonds is 4. The maximum absolute atomic E-state index is 12.0. The minimum Gasteiger partial charge on any atom is -0.344 e. The van der Waals surface area contributed by atoms with E-state index in [1.165, 1.54) is 6.20 Å². The molecule has 0 saturated heterocycles. The predicted molar refractivity (Wildman–Crippen MR) is 67.9 cm³/mol. The molecule has 1 unspecified atom stereocenters. The monoisotopic (exact) mass is 244 g/mol. The van der Waals surface area contributed by atoms with Gasteiger partial charge in [0.25, 0.3) is 5.91 Å². The lowest BCUT2D eigenvalue weighted by Gasteiger charge is -2.22. The van der Waals surface area contributed by atoms with Gasteiger partial charge in [-0.25, -0.2) is 0 Å². The van der Waals surface area contributed by atoms with Crippen molar-refractivity contribution in [2.24, 2.45) is 5.92 Å². The van der Waals surface area contributed by atoms with Gasteiger partial charge in [-0.3, -0.25) is 4.79 Å². The Morgan fingerprint density at radius 3 is 2.56 bits per heavy atom. The molecule has 1 aromatic carbocycles. The molecule has 5 nitrogen and oxygen atoms in total. The van der Waals surface area contributed by atoms with Gasteiger partial charge < -0.3 is 5.32 Å². The highest BCUT2D eigenvalue weighted by Crippen LogP contribution is 2.21. The number of nitrogens with one attached hydrogen (secondary N) is 2. The van der Waals surface area contributed by atoms with Crippen molar-refractivity contribution in [3.05, 3.63) is 47.8 Å². The van der Waals surface area contributed by atoms with Gasteiger partial charge in [-0.1, -0.05) is 44.2 Å². The summed E-state index contributed by atoms with van der Waals surface area (Å²) in [6.45, 7) is 4.14. The van der Waals surface area contributed by atoms with E-state index in [-0.39, 0.29) is 11.9 Å². The molecule has 2 N–H and O–H groups in total. The maximum atomic E-state index is 12.0. The van der Waals surface area contributed by atoms with Crippen molar-refractivity contribution >= 4 is 5.91 Å². The maximum Gasteiger partial charge on any atom is 0.273 e. The van der Waals surface area contributed by atoms with Gasteiger partial charge in [0.2, 0.25) is 0 Å². The second kappa shape index (κ2) is 5.44. The molecule has 0 fully saturated rings. The van der Waals surface area contributed by atoms with E-state index in [9.17, 15) is 4.79 Å². The van der Waals surface area contributed by atoms with Crippen LogP contribution in [0.25, 0.3) is 0 Å². The number of H-pyrrole nitrogens is 1. The molecule has 0 bridgehead atoms. The number of aromatic amines is 1. The Hall–Kier alpha value is -2.17. The number of aromatic nitrogens is 3. The molecule has 1 heterocycles. The van der Waals surface area contributed by atoms with Crippen LogP contribution < -0.4 is 5.32 Å². The summed E-state index contributed by atoms with van der Waals surface area (Å²) >= 11 is 0. The Kier molecular flexibility index (Phi) is 3.72. The molecule has 2 aromatic rings. The normalized spacial score (nSPS) is 12.4. The summed E-state index contributed by atoms with van der Waals surface area (Å²) in [5.74, 6) is 0.0783. The number of hydrogen-bond donors (Lipinski definition) is 2. The Bertz CT molecular complexity index is 493. The Morgan fingerprint density at radius 1 is 1.28 bits per heavy atom. The first-order valence-electron chi connectivity index (χ1n) is 5.90. The topological polar surface area (TPSA) is 70.7 Å². The first kappa shape index (κ1) is 12.3. The van der Waals surface area contributed by atoms with Gasteiger partial charge in [0.15, 0.2) is 5.69 Å². The first-order valence-corrected chi connectivity index (χ1v) is 5.90. The van der Waals surface area contributed by atoms with E-state index < -0.39 is 0 Å². The summed E-state index contributed by atoms with van der Waals surface area (Å²) < 4.78 is 0. The van der Waals surface area contributed by atoms with Crippen molar-refractivity contribution < 1.29 is 4.79 Å². The molecule has 18 heavy (non-hydrogen) atoms. The molecule has 1 amide bonds. The zero-order valence-corrected chi connectivity index (χ0v) is 10.4. The molecular weight excluding hydrogens is 228 g/mol. The number of carbonyl (C=O) groups excluding carboxylic acids is 1. The van der Waals surface area contributed by atoms with E-state index in [0.29, 0.717) is 11.6 Å². The van der Waals surface area contributed by atoms with Gasteiger partial charge in [-0.05, 0) is 11.5 Å². The number of nitrogens with zero attached hydrogens (tertiary/aromatic N) is 2. The van der Waals surface area contributed by atoms with E-state index in [2.05, 4.69) is 34.6 Å². The predicted octanol–water partition coefficient (Wildman–Crippen LogP) is 1.93. The number of amides is 1. The molecular formula is C13H16N4O. The van der Waals surface area contributed by atoms with Crippen LogP contribution in [0.2, 0.25) is 0 Å². The van der Waals surface area contributed by atoms with Crippen molar-refractivity contribution in [3.8, 4) is 0 Å². The fourth-order valence-electron chi connectivity index (χ4n) is 1.82. The van der Waals surface area contributed by atoms with Gasteiger partial charge in [0, 0.05) is 0 Å². The summed E-state index contributed by atoms with van der Waals surface area (Å²) in [6.07, 6.45) is 1.41. The van der Waals surface area contributed by atoms with Crippen LogP contribution >= 0.6 is 0 Å². The van der Waals surface area contributed by atoms with Crippen LogP contribution in [0, 0.1) is 5.92 Å². The summed E-state index contributed by atoms with van der Waals surface area (Å²) in [7, 11) is 0. The van der Waals surface area contributed by atoms with E-state index >= 15 is 0 Å². The van der Waals surface area contributed by atoms with E-state index in [0.717, 1.165) is 5.56 Å². The van der Waals surface area contributed by atoms with Gasteiger partial charge in [-0.15, -0.1) is 0 Å². The largest absolute Gasteiger partial charge is 0.344 e. The molecule has 0 aliphatic carbocycles. The van der Waals surface area contributed by atoms with Crippen LogP contribution in [0.5, 0.6) is 0 Å². The van der Waals surface area contributed by atoms with Crippen molar-refractivity contribution in [3.63, 3.8) is 0 Å². The molecule has 0 radical (unpaired) electrons. The van der Waals surface area contributed by atoms with Gasteiger partial charge in [0.1, 0.15) is 0 Å². The number of carbonyl (C=O) groups is 1. The summed E-state index contributed by atoms with van der Waals surface area (Å²) in [5.41, 5.74) is 1.39. The van der Waals surface area contributed by atoms with E-state index in [1.807, 2.05) is 30.3 Å². The lowest BCUT2D eigenvalue weighted by atomic mass is 9.96. The number of hydrogen-bond acceptors (Lipinski definition) is 3. The third kappa shape index (κ3) is 2.74. The fourth-order valence-corrected chi connectivity index (χ4v) is 1.82. The van der Waals surface area contributed by atoms with Gasteiger partial charge >= 0.3 is 0 Å². The Balaban J connectivity index is 2.15. The van der Waals surface area contributed by atoms with Crippen molar-refractivity contribution in [2.45, 2.75) is 19.9 Å². The zero-order chi connectivity index (χ0) is 13.0. The van der Waals surface area contributed by atoms with Crippen molar-refractivity contribution in [2.75, 3.05) is 0 Å². The molecule has 0 saturated carbocycles. The number of benzene rings is 1. The molecule has 1 atom stereocenters. The van der Waals surface area contributed by atoms with Crippen molar-refractivity contribution in [1.82, 2.24) is 20.7 Å². The minimum absolute atomic E-state index is 0.0320. The Morgan fingerprint density at radius 2 is 2.00 bits per heavy atom. The van der Waals surface area contributed by atoms with Gasteiger partial charge in [0.05, 0.1) is 12.2 Å².